The maximum atomic E-state index is 11.5. The van der Waals surface area contributed by atoms with E-state index in [1.54, 1.807) is 7.11 Å². The molecular weight excluding hydrogens is 493 g/mol. The van der Waals surface area contributed by atoms with Crippen LogP contribution < -0.4 is 5.73 Å². The summed E-state index contributed by atoms with van der Waals surface area (Å²) in [5, 5.41) is 9.86. The third-order valence-electron chi connectivity index (χ3n) is 6.63. The van der Waals surface area contributed by atoms with Gasteiger partial charge in [-0.15, -0.1) is 0 Å². The summed E-state index contributed by atoms with van der Waals surface area (Å²) in [5.74, 6) is 0. The summed E-state index contributed by atoms with van der Waals surface area (Å²) in [4.78, 5) is 9.41. The Hall–Kier alpha value is -0.0500. The van der Waals surface area contributed by atoms with Crippen LogP contribution in [0, 0.1) is 0 Å². The normalized spacial score (nSPS) is 15.1. The quantitative estimate of drug-likeness (QED) is 0.0649. The molecule has 0 spiro atoms. The predicted molar refractivity (Wildman–Crippen MR) is 152 cm³/mol. The van der Waals surface area contributed by atoms with Gasteiger partial charge in [0.15, 0.2) is 0 Å². The van der Waals surface area contributed by atoms with Crippen LogP contribution >= 0.6 is 7.82 Å². The molecule has 0 aromatic heterocycles. The van der Waals surface area contributed by atoms with E-state index in [1.165, 1.54) is 109 Å². The SMILES string of the molecule is CCCCCCCCCCCCCCCCCCCCC(COC[C@@H](O)COP(=O)(O)OCCN)OC. The minimum Gasteiger partial charge on any atom is -0.388 e. The van der Waals surface area contributed by atoms with E-state index in [-0.39, 0.29) is 32.5 Å². The van der Waals surface area contributed by atoms with Crippen LogP contribution in [-0.4, -0.2) is 62.3 Å². The van der Waals surface area contributed by atoms with E-state index in [4.69, 9.17) is 19.7 Å². The summed E-state index contributed by atoms with van der Waals surface area (Å²) < 4.78 is 31.8. The molecule has 0 heterocycles. The molecule has 8 nitrogen and oxygen atoms in total. The minimum absolute atomic E-state index is 0.00409. The van der Waals surface area contributed by atoms with Crippen LogP contribution in [0.1, 0.15) is 129 Å². The average molecular weight is 554 g/mol. The first-order valence-electron chi connectivity index (χ1n) is 15.1. The molecule has 3 atom stereocenters. The molecule has 0 saturated heterocycles. The molecule has 4 N–H and O–H groups in total. The fourth-order valence-electron chi connectivity index (χ4n) is 4.31. The van der Waals surface area contributed by atoms with Gasteiger partial charge in [-0.3, -0.25) is 9.05 Å². The Morgan fingerprint density at radius 1 is 0.703 bits per heavy atom. The first-order valence-corrected chi connectivity index (χ1v) is 16.5. The van der Waals surface area contributed by atoms with Crippen molar-refractivity contribution in [3.63, 3.8) is 0 Å². The maximum absolute atomic E-state index is 11.5. The molecule has 2 unspecified atom stereocenters. The Balaban J connectivity index is 3.46. The fraction of sp³-hybridized carbons (Fsp3) is 1.00. The van der Waals surface area contributed by atoms with Crippen molar-refractivity contribution >= 4 is 7.82 Å². The highest BCUT2D eigenvalue weighted by molar-refractivity contribution is 7.47. The number of unbranched alkanes of at least 4 members (excludes halogenated alkanes) is 17. The van der Waals surface area contributed by atoms with E-state index >= 15 is 0 Å². The number of methoxy groups -OCH3 is 1. The van der Waals surface area contributed by atoms with E-state index in [2.05, 4.69) is 11.4 Å². The molecule has 9 heteroatoms. The topological polar surface area (TPSA) is 120 Å². The third kappa shape index (κ3) is 27.3. The van der Waals surface area contributed by atoms with Crippen LogP contribution in [0.25, 0.3) is 0 Å². The summed E-state index contributed by atoms with van der Waals surface area (Å²) in [7, 11) is -2.52. The van der Waals surface area contributed by atoms with Gasteiger partial charge in [-0.25, -0.2) is 4.57 Å². The van der Waals surface area contributed by atoms with Crippen molar-refractivity contribution in [1.29, 1.82) is 0 Å². The minimum atomic E-state index is -4.18. The molecule has 0 saturated carbocycles. The standard InChI is InChI=1S/C28H60NO7P/c1-3-4-5-6-7-8-9-10-11-12-13-14-15-16-17-18-19-20-21-28(33-2)26-34-24-27(30)25-36-37(31,32)35-23-22-29/h27-28,30H,3-26,29H2,1-2H3,(H,31,32)/t27-,28?/m1/s1. The van der Waals surface area contributed by atoms with Gasteiger partial charge >= 0.3 is 7.82 Å². The third-order valence-corrected chi connectivity index (χ3v) is 7.61. The largest absolute Gasteiger partial charge is 0.472 e. The van der Waals surface area contributed by atoms with E-state index in [9.17, 15) is 14.6 Å². The molecule has 0 aromatic carbocycles. The Morgan fingerprint density at radius 2 is 1.16 bits per heavy atom. The summed E-state index contributed by atoms with van der Waals surface area (Å²) in [5.41, 5.74) is 5.22. The lowest BCUT2D eigenvalue weighted by Gasteiger charge is -2.18. The molecule has 0 fully saturated rings. The highest BCUT2D eigenvalue weighted by Gasteiger charge is 2.22. The van der Waals surface area contributed by atoms with Crippen LogP contribution in [0.2, 0.25) is 0 Å². The van der Waals surface area contributed by atoms with E-state index in [0.717, 1.165) is 12.8 Å². The monoisotopic (exact) mass is 553 g/mol. The molecule has 0 aromatic rings. The summed E-state index contributed by atoms with van der Waals surface area (Å²) in [6.07, 6.45) is 24.4. The number of ether oxygens (including phenoxy) is 2. The molecule has 0 aliphatic rings. The van der Waals surface area contributed by atoms with Crippen molar-refractivity contribution in [2.24, 2.45) is 5.73 Å². The van der Waals surface area contributed by atoms with E-state index in [1.807, 2.05) is 0 Å². The van der Waals surface area contributed by atoms with Crippen LogP contribution in [0.5, 0.6) is 0 Å². The molecule has 0 rings (SSSR count). The molecule has 0 radical (unpaired) electrons. The Kier molecular flexibility index (Phi) is 27.5. The van der Waals surface area contributed by atoms with E-state index in [0.29, 0.717) is 6.61 Å². The van der Waals surface area contributed by atoms with Gasteiger partial charge in [-0.1, -0.05) is 122 Å². The molecule has 0 amide bonds. The number of nitrogens with two attached hydrogens (primary N) is 1. The molecule has 37 heavy (non-hydrogen) atoms. The number of phosphoric acid groups is 1. The summed E-state index contributed by atoms with van der Waals surface area (Å²) >= 11 is 0. The van der Waals surface area contributed by atoms with Crippen molar-refractivity contribution < 1.29 is 33.1 Å². The highest BCUT2D eigenvalue weighted by Crippen LogP contribution is 2.42. The average Bonchev–Trinajstić information content (AvgIpc) is 2.89. The van der Waals surface area contributed by atoms with Gasteiger partial charge in [0.25, 0.3) is 0 Å². The summed E-state index contributed by atoms with van der Waals surface area (Å²) in [6, 6.07) is 0. The van der Waals surface area contributed by atoms with Crippen LogP contribution in [0.15, 0.2) is 0 Å². The molecule has 0 aliphatic carbocycles. The van der Waals surface area contributed by atoms with Gasteiger partial charge in [0.05, 0.1) is 32.5 Å². The number of hydrogen-bond acceptors (Lipinski definition) is 7. The number of aliphatic hydroxyl groups is 1. The Labute approximate surface area is 228 Å². The van der Waals surface area contributed by atoms with Gasteiger partial charge in [0.1, 0.15) is 6.10 Å². The number of rotatable bonds is 30. The fourth-order valence-corrected chi connectivity index (χ4v) is 5.08. The lowest BCUT2D eigenvalue weighted by atomic mass is 10.0. The first-order chi connectivity index (χ1) is 17.9. The van der Waals surface area contributed by atoms with Crippen molar-refractivity contribution in [3.05, 3.63) is 0 Å². The second kappa shape index (κ2) is 27.5. The van der Waals surface area contributed by atoms with Crippen molar-refractivity contribution in [1.82, 2.24) is 0 Å². The number of aliphatic hydroxyl groups excluding tert-OH is 1. The van der Waals surface area contributed by atoms with E-state index < -0.39 is 13.9 Å². The zero-order chi connectivity index (χ0) is 27.5. The molecule has 224 valence electrons. The lowest BCUT2D eigenvalue weighted by molar-refractivity contribution is -0.0386. The van der Waals surface area contributed by atoms with Gasteiger partial charge in [-0.2, -0.15) is 0 Å². The van der Waals surface area contributed by atoms with Gasteiger partial charge in [0, 0.05) is 13.7 Å². The van der Waals surface area contributed by atoms with Crippen molar-refractivity contribution in [3.8, 4) is 0 Å². The zero-order valence-corrected chi connectivity index (χ0v) is 25.0. The smallest absolute Gasteiger partial charge is 0.388 e. The molecule has 0 aliphatic heterocycles. The van der Waals surface area contributed by atoms with Crippen LogP contribution in [-0.2, 0) is 23.1 Å². The Bertz CT molecular complexity index is 513. The lowest BCUT2D eigenvalue weighted by Crippen LogP contribution is -2.26. The van der Waals surface area contributed by atoms with Gasteiger partial charge in [0.2, 0.25) is 0 Å². The molecule has 0 bridgehead atoms. The van der Waals surface area contributed by atoms with Crippen LogP contribution in [0.4, 0.5) is 0 Å². The number of phosphoric ester groups is 1. The summed E-state index contributed by atoms with van der Waals surface area (Å²) in [6.45, 7) is 2.31. The zero-order valence-electron chi connectivity index (χ0n) is 24.1. The molecular formula is C28H60NO7P. The van der Waals surface area contributed by atoms with Crippen molar-refractivity contribution in [2.45, 2.75) is 141 Å². The maximum Gasteiger partial charge on any atom is 0.472 e. The first kappa shape index (κ1) is 37.0. The highest BCUT2D eigenvalue weighted by atomic mass is 31.2. The Morgan fingerprint density at radius 3 is 1.59 bits per heavy atom. The van der Waals surface area contributed by atoms with Gasteiger partial charge in [-0.05, 0) is 6.42 Å². The van der Waals surface area contributed by atoms with Crippen LogP contribution in [0.3, 0.4) is 0 Å². The van der Waals surface area contributed by atoms with Crippen molar-refractivity contribution in [2.75, 3.05) is 40.1 Å². The number of hydrogen-bond donors (Lipinski definition) is 3. The second-order valence-electron chi connectivity index (χ2n) is 10.2. The second-order valence-corrected chi connectivity index (χ2v) is 11.7. The van der Waals surface area contributed by atoms with Gasteiger partial charge < -0.3 is 25.2 Å². The predicted octanol–water partition coefficient (Wildman–Crippen LogP) is 6.90.